The lowest BCUT2D eigenvalue weighted by Crippen LogP contribution is -2.34. The van der Waals surface area contributed by atoms with Gasteiger partial charge in [0.25, 0.3) is 0 Å². The standard InChI is InChI=1S/C11H19NO3/c1-2-9(11(14)15)7-12-10(13)6-8-4-3-5-8/h8-9H,2-7H2,1H3,(H,12,13)(H,14,15). The lowest BCUT2D eigenvalue weighted by molar-refractivity contribution is -0.141. The van der Waals surface area contributed by atoms with Crippen LogP contribution in [0.2, 0.25) is 0 Å². The van der Waals surface area contributed by atoms with Crippen LogP contribution < -0.4 is 5.32 Å². The van der Waals surface area contributed by atoms with Crippen LogP contribution in [0.3, 0.4) is 0 Å². The predicted molar refractivity (Wildman–Crippen MR) is 56.4 cm³/mol. The van der Waals surface area contributed by atoms with Crippen LogP contribution in [0.25, 0.3) is 0 Å². The maximum Gasteiger partial charge on any atom is 0.308 e. The number of carboxylic acids is 1. The van der Waals surface area contributed by atoms with Gasteiger partial charge in [0, 0.05) is 13.0 Å². The summed E-state index contributed by atoms with van der Waals surface area (Å²) < 4.78 is 0. The van der Waals surface area contributed by atoms with Gasteiger partial charge in [-0.3, -0.25) is 9.59 Å². The molecule has 15 heavy (non-hydrogen) atoms. The van der Waals surface area contributed by atoms with Crippen molar-refractivity contribution in [1.29, 1.82) is 0 Å². The third-order valence-corrected chi connectivity index (χ3v) is 3.09. The molecule has 0 aromatic heterocycles. The number of hydrogen-bond acceptors (Lipinski definition) is 2. The highest BCUT2D eigenvalue weighted by Crippen LogP contribution is 2.29. The molecule has 0 spiro atoms. The molecule has 2 N–H and O–H groups in total. The van der Waals surface area contributed by atoms with Crippen LogP contribution in [-0.2, 0) is 9.59 Å². The molecule has 4 heteroatoms. The lowest BCUT2D eigenvalue weighted by Gasteiger charge is -2.24. The summed E-state index contributed by atoms with van der Waals surface area (Å²) in [6, 6.07) is 0. The zero-order valence-corrected chi connectivity index (χ0v) is 9.16. The molecule has 86 valence electrons. The summed E-state index contributed by atoms with van der Waals surface area (Å²) in [4.78, 5) is 22.1. The van der Waals surface area contributed by atoms with Crippen LogP contribution >= 0.6 is 0 Å². The number of amides is 1. The van der Waals surface area contributed by atoms with Crippen molar-refractivity contribution in [1.82, 2.24) is 5.32 Å². The Hall–Kier alpha value is -1.06. The van der Waals surface area contributed by atoms with Gasteiger partial charge >= 0.3 is 5.97 Å². The number of carbonyl (C=O) groups excluding carboxylic acids is 1. The highest BCUT2D eigenvalue weighted by Gasteiger charge is 2.21. The van der Waals surface area contributed by atoms with Gasteiger partial charge in [-0.05, 0) is 25.2 Å². The van der Waals surface area contributed by atoms with E-state index in [1.807, 2.05) is 6.92 Å². The van der Waals surface area contributed by atoms with Gasteiger partial charge in [0.1, 0.15) is 0 Å². The maximum absolute atomic E-state index is 11.4. The molecule has 1 aliphatic carbocycles. The zero-order chi connectivity index (χ0) is 11.3. The van der Waals surface area contributed by atoms with E-state index in [0.29, 0.717) is 18.8 Å². The highest BCUT2D eigenvalue weighted by molar-refractivity contribution is 5.77. The van der Waals surface area contributed by atoms with Crippen molar-refractivity contribution >= 4 is 11.9 Å². The van der Waals surface area contributed by atoms with E-state index in [1.54, 1.807) is 0 Å². The van der Waals surface area contributed by atoms with Crippen molar-refractivity contribution in [2.45, 2.75) is 39.0 Å². The van der Waals surface area contributed by atoms with Crippen LogP contribution in [-0.4, -0.2) is 23.5 Å². The Balaban J connectivity index is 2.16. The fraction of sp³-hybridized carbons (Fsp3) is 0.818. The van der Waals surface area contributed by atoms with Crippen molar-refractivity contribution in [2.75, 3.05) is 6.54 Å². The Kier molecular flexibility index (Phi) is 4.59. The van der Waals surface area contributed by atoms with E-state index in [0.717, 1.165) is 12.8 Å². The van der Waals surface area contributed by atoms with Gasteiger partial charge in [-0.25, -0.2) is 0 Å². The molecule has 1 fully saturated rings. The number of nitrogens with one attached hydrogen (secondary N) is 1. The van der Waals surface area contributed by atoms with Crippen molar-refractivity contribution in [2.24, 2.45) is 11.8 Å². The molecule has 0 bridgehead atoms. The molecular weight excluding hydrogens is 194 g/mol. The predicted octanol–water partition coefficient (Wildman–Crippen LogP) is 1.40. The van der Waals surface area contributed by atoms with Crippen LogP contribution in [0.5, 0.6) is 0 Å². The van der Waals surface area contributed by atoms with Crippen LogP contribution in [0.15, 0.2) is 0 Å². The summed E-state index contributed by atoms with van der Waals surface area (Å²) in [5.74, 6) is -0.744. The Morgan fingerprint density at radius 1 is 1.47 bits per heavy atom. The molecule has 1 saturated carbocycles. The van der Waals surface area contributed by atoms with E-state index in [-0.39, 0.29) is 12.5 Å². The first-order valence-corrected chi connectivity index (χ1v) is 5.63. The van der Waals surface area contributed by atoms with Crippen molar-refractivity contribution in [3.63, 3.8) is 0 Å². The Morgan fingerprint density at radius 3 is 2.53 bits per heavy atom. The SMILES string of the molecule is CCC(CNC(=O)CC1CCC1)C(=O)O. The van der Waals surface area contributed by atoms with Crippen LogP contribution in [0, 0.1) is 11.8 Å². The number of rotatable bonds is 6. The van der Waals surface area contributed by atoms with E-state index < -0.39 is 11.9 Å². The minimum atomic E-state index is -0.832. The second-order valence-corrected chi connectivity index (χ2v) is 4.25. The van der Waals surface area contributed by atoms with E-state index in [4.69, 9.17) is 5.11 Å². The number of hydrogen-bond donors (Lipinski definition) is 2. The minimum absolute atomic E-state index is 0.000556. The zero-order valence-electron chi connectivity index (χ0n) is 9.16. The van der Waals surface area contributed by atoms with Gasteiger partial charge in [0.2, 0.25) is 5.91 Å². The van der Waals surface area contributed by atoms with E-state index in [2.05, 4.69) is 5.32 Å². The van der Waals surface area contributed by atoms with Gasteiger partial charge in [-0.2, -0.15) is 0 Å². The molecule has 1 atom stereocenters. The summed E-state index contributed by atoms with van der Waals surface area (Å²) in [5, 5.41) is 11.5. The molecule has 0 radical (unpaired) electrons. The highest BCUT2D eigenvalue weighted by atomic mass is 16.4. The summed E-state index contributed by atoms with van der Waals surface area (Å²) in [6.07, 6.45) is 4.63. The average molecular weight is 213 g/mol. The average Bonchev–Trinajstić information content (AvgIpc) is 2.12. The molecule has 4 nitrogen and oxygen atoms in total. The molecule has 0 saturated heterocycles. The smallest absolute Gasteiger partial charge is 0.308 e. The van der Waals surface area contributed by atoms with Crippen LogP contribution in [0.4, 0.5) is 0 Å². The third kappa shape index (κ3) is 3.90. The van der Waals surface area contributed by atoms with Gasteiger partial charge in [-0.15, -0.1) is 0 Å². The first kappa shape index (κ1) is 12.0. The molecule has 1 rings (SSSR count). The lowest BCUT2D eigenvalue weighted by atomic mass is 9.83. The minimum Gasteiger partial charge on any atom is -0.481 e. The summed E-state index contributed by atoms with van der Waals surface area (Å²) in [5.41, 5.74) is 0. The Bertz CT molecular complexity index is 236. The quantitative estimate of drug-likeness (QED) is 0.701. The molecule has 1 aliphatic rings. The van der Waals surface area contributed by atoms with E-state index in [9.17, 15) is 9.59 Å². The van der Waals surface area contributed by atoms with Gasteiger partial charge in [-0.1, -0.05) is 13.3 Å². The molecule has 0 heterocycles. The van der Waals surface area contributed by atoms with Crippen molar-refractivity contribution in [3.05, 3.63) is 0 Å². The second-order valence-electron chi connectivity index (χ2n) is 4.25. The maximum atomic E-state index is 11.4. The molecule has 1 unspecified atom stereocenters. The van der Waals surface area contributed by atoms with Crippen molar-refractivity contribution < 1.29 is 14.7 Å². The Labute approximate surface area is 90.0 Å². The Morgan fingerprint density at radius 2 is 2.13 bits per heavy atom. The second kappa shape index (κ2) is 5.73. The van der Waals surface area contributed by atoms with Gasteiger partial charge in [0.05, 0.1) is 5.92 Å². The summed E-state index contributed by atoms with van der Waals surface area (Å²) in [6.45, 7) is 2.08. The van der Waals surface area contributed by atoms with Crippen LogP contribution in [0.1, 0.15) is 39.0 Å². The number of carboxylic acid groups (broad SMARTS) is 1. The topological polar surface area (TPSA) is 66.4 Å². The van der Waals surface area contributed by atoms with E-state index >= 15 is 0 Å². The third-order valence-electron chi connectivity index (χ3n) is 3.09. The monoisotopic (exact) mass is 213 g/mol. The van der Waals surface area contributed by atoms with Crippen molar-refractivity contribution in [3.8, 4) is 0 Å². The first-order chi connectivity index (χ1) is 7.13. The van der Waals surface area contributed by atoms with E-state index in [1.165, 1.54) is 6.42 Å². The molecule has 0 aromatic rings. The van der Waals surface area contributed by atoms with Gasteiger partial charge < -0.3 is 10.4 Å². The first-order valence-electron chi connectivity index (χ1n) is 5.63. The number of carbonyl (C=O) groups is 2. The normalized spacial score (nSPS) is 17.9. The summed E-state index contributed by atoms with van der Waals surface area (Å²) in [7, 11) is 0. The largest absolute Gasteiger partial charge is 0.481 e. The molecular formula is C11H19NO3. The fourth-order valence-electron chi connectivity index (χ4n) is 1.67. The fourth-order valence-corrected chi connectivity index (χ4v) is 1.67. The molecule has 1 amide bonds. The summed E-state index contributed by atoms with van der Waals surface area (Å²) >= 11 is 0. The molecule has 0 aromatic carbocycles. The van der Waals surface area contributed by atoms with Gasteiger partial charge in [0.15, 0.2) is 0 Å². The molecule has 0 aliphatic heterocycles. The number of aliphatic carboxylic acids is 1.